The number of halogens is 1. The average molecular weight is 336 g/mol. The third-order valence-corrected chi connectivity index (χ3v) is 4.26. The molecule has 0 spiro atoms. The largest absolute Gasteiger partial charge is 0.393 e. The van der Waals surface area contributed by atoms with Crippen LogP contribution < -0.4 is 4.90 Å². The molecule has 3 rings (SSSR count). The lowest BCUT2D eigenvalue weighted by atomic mass is 10.1. The summed E-state index contributed by atoms with van der Waals surface area (Å²) in [6.07, 6.45) is 6.48. The molecule has 1 saturated heterocycles. The molecule has 0 unspecified atom stereocenters. The van der Waals surface area contributed by atoms with Gasteiger partial charge < -0.3 is 10.0 Å². The van der Waals surface area contributed by atoms with Gasteiger partial charge in [0.2, 0.25) is 0 Å². The second-order valence-corrected chi connectivity index (χ2v) is 6.34. The van der Waals surface area contributed by atoms with Crippen molar-refractivity contribution in [1.29, 1.82) is 0 Å². The molecule has 0 saturated carbocycles. The van der Waals surface area contributed by atoms with Gasteiger partial charge in [0.1, 0.15) is 5.52 Å². The molecular formula is C15H18BrN3O. The molecule has 0 radical (unpaired) electrons. The summed E-state index contributed by atoms with van der Waals surface area (Å²) in [5, 5.41) is 9.67. The summed E-state index contributed by atoms with van der Waals surface area (Å²) >= 11 is 3.44. The fourth-order valence-corrected chi connectivity index (χ4v) is 3.33. The van der Waals surface area contributed by atoms with E-state index in [-0.39, 0.29) is 6.10 Å². The Morgan fingerprint density at radius 3 is 3.15 bits per heavy atom. The average Bonchev–Trinajstić information content (AvgIpc) is 2.84. The lowest BCUT2D eigenvalue weighted by molar-refractivity contribution is 0.175. The minimum atomic E-state index is -0.268. The molecule has 1 fully saturated rings. The van der Waals surface area contributed by atoms with Gasteiger partial charge in [0.05, 0.1) is 17.3 Å². The second kappa shape index (κ2) is 5.66. The maximum atomic E-state index is 9.67. The normalized spacial score (nSPS) is 20.6. The maximum Gasteiger partial charge on any atom is 0.112 e. The molecule has 1 aliphatic rings. The van der Waals surface area contributed by atoms with Gasteiger partial charge in [-0.3, -0.25) is 9.97 Å². The van der Waals surface area contributed by atoms with Crippen molar-refractivity contribution in [3.05, 3.63) is 29.0 Å². The Bertz CT molecular complexity index is 617. The number of anilines is 1. The minimum absolute atomic E-state index is 0.268. The topological polar surface area (TPSA) is 49.2 Å². The SMILES string of the molecule is C[C@H](O)C[C@@H]1CCCN1c1ccnc2cc(Br)cnc12. The summed E-state index contributed by atoms with van der Waals surface area (Å²) in [4.78, 5) is 11.3. The molecule has 106 valence electrons. The van der Waals surface area contributed by atoms with Crippen LogP contribution in [0.2, 0.25) is 0 Å². The Kier molecular flexibility index (Phi) is 3.89. The Morgan fingerprint density at radius 2 is 2.35 bits per heavy atom. The highest BCUT2D eigenvalue weighted by Gasteiger charge is 2.27. The van der Waals surface area contributed by atoms with Crippen molar-refractivity contribution in [2.75, 3.05) is 11.4 Å². The third-order valence-electron chi connectivity index (χ3n) is 3.82. The van der Waals surface area contributed by atoms with Gasteiger partial charge >= 0.3 is 0 Å². The molecule has 0 aliphatic carbocycles. The summed E-state index contributed by atoms with van der Waals surface area (Å²) in [7, 11) is 0. The van der Waals surface area contributed by atoms with Gasteiger partial charge in [0.25, 0.3) is 0 Å². The highest BCUT2D eigenvalue weighted by molar-refractivity contribution is 9.10. The van der Waals surface area contributed by atoms with Crippen LogP contribution in [0.1, 0.15) is 26.2 Å². The molecule has 0 aromatic carbocycles. The van der Waals surface area contributed by atoms with E-state index >= 15 is 0 Å². The van der Waals surface area contributed by atoms with Crippen LogP contribution in [-0.4, -0.2) is 33.8 Å². The highest BCUT2D eigenvalue weighted by Crippen LogP contribution is 2.32. The van der Waals surface area contributed by atoms with Crippen LogP contribution in [0, 0.1) is 0 Å². The van der Waals surface area contributed by atoms with Crippen molar-refractivity contribution in [1.82, 2.24) is 9.97 Å². The lowest BCUT2D eigenvalue weighted by Gasteiger charge is -2.28. The molecule has 1 N–H and O–H groups in total. The minimum Gasteiger partial charge on any atom is -0.393 e. The second-order valence-electron chi connectivity index (χ2n) is 5.43. The van der Waals surface area contributed by atoms with Crippen molar-refractivity contribution in [3.63, 3.8) is 0 Å². The molecule has 2 aromatic heterocycles. The standard InChI is InChI=1S/C15H18BrN3O/c1-10(20)7-12-3-2-6-19(12)14-4-5-17-13-8-11(16)9-18-15(13)14/h4-5,8-10,12,20H,2-3,6-7H2,1H3/t10-,12-/m0/s1. The van der Waals surface area contributed by atoms with Gasteiger partial charge in [-0.05, 0) is 54.2 Å². The van der Waals surface area contributed by atoms with E-state index in [9.17, 15) is 5.11 Å². The van der Waals surface area contributed by atoms with Gasteiger partial charge in [0, 0.05) is 29.5 Å². The number of aliphatic hydroxyl groups excluding tert-OH is 1. The van der Waals surface area contributed by atoms with Crippen molar-refractivity contribution < 1.29 is 5.11 Å². The molecule has 1 aliphatic heterocycles. The molecule has 5 heteroatoms. The van der Waals surface area contributed by atoms with E-state index < -0.39 is 0 Å². The highest BCUT2D eigenvalue weighted by atomic mass is 79.9. The third kappa shape index (κ3) is 2.65. The fraction of sp³-hybridized carbons (Fsp3) is 0.467. The lowest BCUT2D eigenvalue weighted by Crippen LogP contribution is -2.32. The van der Waals surface area contributed by atoms with Crippen molar-refractivity contribution in [2.45, 2.75) is 38.3 Å². The smallest absolute Gasteiger partial charge is 0.112 e. The van der Waals surface area contributed by atoms with E-state index in [1.54, 1.807) is 0 Å². The number of aliphatic hydroxyl groups is 1. The molecule has 2 aromatic rings. The van der Waals surface area contributed by atoms with Crippen LogP contribution >= 0.6 is 15.9 Å². The van der Waals surface area contributed by atoms with Crippen LogP contribution in [0.25, 0.3) is 11.0 Å². The first-order valence-corrected chi connectivity index (χ1v) is 7.79. The summed E-state index contributed by atoms with van der Waals surface area (Å²) in [6, 6.07) is 4.42. The van der Waals surface area contributed by atoms with Gasteiger partial charge in [0.15, 0.2) is 0 Å². The molecule has 20 heavy (non-hydrogen) atoms. The Balaban J connectivity index is 2.01. The van der Waals surface area contributed by atoms with Crippen LogP contribution in [0.15, 0.2) is 29.0 Å². The van der Waals surface area contributed by atoms with Gasteiger partial charge in [-0.1, -0.05) is 0 Å². The molecular weight excluding hydrogens is 318 g/mol. The number of hydrogen-bond acceptors (Lipinski definition) is 4. The first-order valence-electron chi connectivity index (χ1n) is 7.00. The monoisotopic (exact) mass is 335 g/mol. The molecule has 0 bridgehead atoms. The number of hydrogen-bond donors (Lipinski definition) is 1. The van der Waals surface area contributed by atoms with Crippen molar-refractivity contribution in [2.24, 2.45) is 0 Å². The summed E-state index contributed by atoms with van der Waals surface area (Å²) in [5.41, 5.74) is 2.97. The number of pyridine rings is 2. The number of aromatic nitrogens is 2. The van der Waals surface area contributed by atoms with E-state index in [2.05, 4.69) is 30.8 Å². The van der Waals surface area contributed by atoms with E-state index in [4.69, 9.17) is 0 Å². The van der Waals surface area contributed by atoms with Crippen molar-refractivity contribution >= 4 is 32.7 Å². The molecule has 3 heterocycles. The van der Waals surface area contributed by atoms with E-state index in [1.165, 1.54) is 0 Å². The molecule has 4 nitrogen and oxygen atoms in total. The van der Waals surface area contributed by atoms with Crippen LogP contribution in [0.4, 0.5) is 5.69 Å². The summed E-state index contributed by atoms with van der Waals surface area (Å²) in [6.45, 7) is 2.88. The zero-order chi connectivity index (χ0) is 14.1. The number of nitrogens with zero attached hydrogens (tertiary/aromatic N) is 3. The van der Waals surface area contributed by atoms with Gasteiger partial charge in [-0.15, -0.1) is 0 Å². The fourth-order valence-electron chi connectivity index (χ4n) is 3.01. The zero-order valence-corrected chi connectivity index (χ0v) is 13.0. The Morgan fingerprint density at radius 1 is 1.50 bits per heavy atom. The van der Waals surface area contributed by atoms with E-state index in [1.807, 2.05) is 31.5 Å². The van der Waals surface area contributed by atoms with E-state index in [0.717, 1.165) is 47.0 Å². The summed E-state index contributed by atoms with van der Waals surface area (Å²) < 4.78 is 0.941. The number of rotatable bonds is 3. The Hall–Kier alpha value is -1.20. The summed E-state index contributed by atoms with van der Waals surface area (Å²) in [5.74, 6) is 0. The van der Waals surface area contributed by atoms with Crippen molar-refractivity contribution in [3.8, 4) is 0 Å². The van der Waals surface area contributed by atoms with Crippen LogP contribution in [-0.2, 0) is 0 Å². The quantitative estimate of drug-likeness (QED) is 0.936. The first-order chi connectivity index (χ1) is 9.65. The maximum absolute atomic E-state index is 9.67. The zero-order valence-electron chi connectivity index (χ0n) is 11.5. The van der Waals surface area contributed by atoms with Gasteiger partial charge in [-0.25, -0.2) is 0 Å². The predicted octanol–water partition coefficient (Wildman–Crippen LogP) is 3.13. The van der Waals surface area contributed by atoms with Crippen LogP contribution in [0.5, 0.6) is 0 Å². The molecule has 0 amide bonds. The van der Waals surface area contributed by atoms with Crippen LogP contribution in [0.3, 0.4) is 0 Å². The predicted molar refractivity (Wildman–Crippen MR) is 83.9 cm³/mol. The molecule has 2 atom stereocenters. The van der Waals surface area contributed by atoms with E-state index in [0.29, 0.717) is 6.04 Å². The van der Waals surface area contributed by atoms with Gasteiger partial charge in [-0.2, -0.15) is 0 Å². The first kappa shape index (κ1) is 13.8. The Labute approximate surface area is 127 Å². The number of fused-ring (bicyclic) bond motifs is 1.